The van der Waals surface area contributed by atoms with Gasteiger partial charge < -0.3 is 5.32 Å². The Morgan fingerprint density at radius 3 is 2.28 bits per heavy atom. The highest BCUT2D eigenvalue weighted by atomic mass is 32.2. The van der Waals surface area contributed by atoms with Crippen molar-refractivity contribution in [2.24, 2.45) is 5.41 Å². The Bertz CT molecular complexity index is 330. The summed E-state index contributed by atoms with van der Waals surface area (Å²) in [5.41, 5.74) is 0.354. The first kappa shape index (κ1) is 16.0. The first-order valence-electron chi connectivity index (χ1n) is 7.24. The van der Waals surface area contributed by atoms with Crippen LogP contribution >= 0.6 is 0 Å². The lowest BCUT2D eigenvalue weighted by Crippen LogP contribution is -2.39. The smallest absolute Gasteiger partial charge is 0.147 e. The highest BCUT2D eigenvalue weighted by molar-refractivity contribution is 7.90. The van der Waals surface area contributed by atoms with E-state index >= 15 is 0 Å². The van der Waals surface area contributed by atoms with Crippen molar-refractivity contribution in [1.82, 2.24) is 5.32 Å². The quantitative estimate of drug-likeness (QED) is 0.777. The molecule has 0 amide bonds. The van der Waals surface area contributed by atoms with Gasteiger partial charge in [0, 0.05) is 24.6 Å². The van der Waals surface area contributed by atoms with Gasteiger partial charge in [-0.05, 0) is 31.1 Å². The number of hydrogen-bond acceptors (Lipinski definition) is 3. The third-order valence-corrected chi connectivity index (χ3v) is 5.05. The summed E-state index contributed by atoms with van der Waals surface area (Å²) >= 11 is 0. The molecule has 1 rings (SSSR count). The first-order chi connectivity index (χ1) is 8.33. The summed E-state index contributed by atoms with van der Waals surface area (Å²) in [5, 5.41) is 3.55. The lowest BCUT2D eigenvalue weighted by atomic mass is 9.71. The van der Waals surface area contributed by atoms with Crippen molar-refractivity contribution in [3.05, 3.63) is 0 Å². The van der Waals surface area contributed by atoms with Crippen LogP contribution in [-0.2, 0) is 9.84 Å². The van der Waals surface area contributed by atoms with E-state index in [4.69, 9.17) is 0 Å². The van der Waals surface area contributed by atoms with E-state index in [1.807, 2.05) is 0 Å². The Morgan fingerprint density at radius 1 is 1.17 bits per heavy atom. The predicted octanol–water partition coefficient (Wildman–Crippen LogP) is 2.76. The summed E-state index contributed by atoms with van der Waals surface area (Å²) in [6.45, 7) is 5.40. The van der Waals surface area contributed by atoms with Crippen LogP contribution in [0, 0.1) is 5.41 Å². The SMILES string of the molecule is CC(C)NCC1(CCCS(C)(=O)=O)CCCCC1. The van der Waals surface area contributed by atoms with Crippen LogP contribution in [0.2, 0.25) is 0 Å². The summed E-state index contributed by atoms with van der Waals surface area (Å²) in [7, 11) is -2.80. The van der Waals surface area contributed by atoms with E-state index in [1.54, 1.807) is 0 Å². The van der Waals surface area contributed by atoms with Crippen molar-refractivity contribution in [3.63, 3.8) is 0 Å². The van der Waals surface area contributed by atoms with Gasteiger partial charge in [-0.3, -0.25) is 0 Å². The molecule has 0 aromatic rings. The van der Waals surface area contributed by atoms with Crippen LogP contribution in [-0.4, -0.2) is 33.0 Å². The Hall–Kier alpha value is -0.0900. The minimum absolute atomic E-state index is 0.344. The number of rotatable bonds is 7. The Kier molecular flexibility index (Phi) is 6.12. The van der Waals surface area contributed by atoms with Crippen LogP contribution < -0.4 is 5.32 Å². The van der Waals surface area contributed by atoms with Gasteiger partial charge in [-0.15, -0.1) is 0 Å². The molecule has 1 aliphatic rings. The molecule has 0 aromatic heterocycles. The van der Waals surface area contributed by atoms with Crippen LogP contribution in [0.5, 0.6) is 0 Å². The molecule has 1 saturated carbocycles. The van der Waals surface area contributed by atoms with Crippen molar-refractivity contribution >= 4 is 9.84 Å². The Labute approximate surface area is 113 Å². The van der Waals surface area contributed by atoms with Gasteiger partial charge in [0.1, 0.15) is 9.84 Å². The zero-order chi connectivity index (χ0) is 13.6. The van der Waals surface area contributed by atoms with Crippen LogP contribution in [0.4, 0.5) is 0 Å². The maximum absolute atomic E-state index is 11.2. The molecule has 0 unspecified atom stereocenters. The molecule has 0 atom stereocenters. The van der Waals surface area contributed by atoms with Crippen LogP contribution in [0.15, 0.2) is 0 Å². The van der Waals surface area contributed by atoms with Gasteiger partial charge in [0.25, 0.3) is 0 Å². The fourth-order valence-corrected chi connectivity index (χ4v) is 3.62. The van der Waals surface area contributed by atoms with Crippen molar-refractivity contribution < 1.29 is 8.42 Å². The molecule has 0 saturated heterocycles. The van der Waals surface area contributed by atoms with E-state index in [9.17, 15) is 8.42 Å². The lowest BCUT2D eigenvalue weighted by Gasteiger charge is -2.38. The molecule has 0 radical (unpaired) electrons. The molecule has 108 valence electrons. The molecular formula is C14H29NO2S. The molecule has 0 spiro atoms. The maximum atomic E-state index is 11.2. The summed E-state index contributed by atoms with van der Waals surface area (Å²) in [4.78, 5) is 0. The summed E-state index contributed by atoms with van der Waals surface area (Å²) in [6.07, 6.45) is 9.69. The summed E-state index contributed by atoms with van der Waals surface area (Å²) in [5.74, 6) is 0.344. The van der Waals surface area contributed by atoms with E-state index < -0.39 is 9.84 Å². The molecule has 1 fully saturated rings. The van der Waals surface area contributed by atoms with Crippen LogP contribution in [0.3, 0.4) is 0 Å². The highest BCUT2D eigenvalue weighted by Gasteiger charge is 2.31. The van der Waals surface area contributed by atoms with Crippen molar-refractivity contribution in [2.45, 2.75) is 64.8 Å². The first-order valence-corrected chi connectivity index (χ1v) is 9.30. The minimum Gasteiger partial charge on any atom is -0.314 e. The van der Waals surface area contributed by atoms with Crippen LogP contribution in [0.25, 0.3) is 0 Å². The van der Waals surface area contributed by atoms with Gasteiger partial charge in [-0.2, -0.15) is 0 Å². The van der Waals surface area contributed by atoms with Crippen molar-refractivity contribution in [1.29, 1.82) is 0 Å². The average molecular weight is 275 g/mol. The molecule has 0 aliphatic heterocycles. The second kappa shape index (κ2) is 6.90. The third-order valence-electron chi connectivity index (χ3n) is 4.02. The number of nitrogens with one attached hydrogen (secondary N) is 1. The molecular weight excluding hydrogens is 246 g/mol. The maximum Gasteiger partial charge on any atom is 0.147 e. The molecule has 1 N–H and O–H groups in total. The monoisotopic (exact) mass is 275 g/mol. The standard InChI is InChI=1S/C14H29NO2S/c1-13(2)15-12-14(8-5-4-6-9-14)10-7-11-18(3,16)17/h13,15H,4-12H2,1-3H3. The third kappa shape index (κ3) is 6.19. The molecule has 3 nitrogen and oxygen atoms in total. The number of sulfone groups is 1. The number of hydrogen-bond donors (Lipinski definition) is 1. The molecule has 4 heteroatoms. The van der Waals surface area contributed by atoms with Crippen molar-refractivity contribution in [3.8, 4) is 0 Å². The van der Waals surface area contributed by atoms with Crippen LogP contribution in [0.1, 0.15) is 58.8 Å². The van der Waals surface area contributed by atoms with Gasteiger partial charge >= 0.3 is 0 Å². The highest BCUT2D eigenvalue weighted by Crippen LogP contribution is 2.39. The second-order valence-corrected chi connectivity index (χ2v) is 8.59. The van der Waals surface area contributed by atoms with E-state index in [0.717, 1.165) is 19.4 Å². The minimum atomic E-state index is -2.80. The lowest BCUT2D eigenvalue weighted by molar-refractivity contribution is 0.161. The summed E-state index contributed by atoms with van der Waals surface area (Å²) < 4.78 is 22.5. The van der Waals surface area contributed by atoms with E-state index in [0.29, 0.717) is 17.2 Å². The summed E-state index contributed by atoms with van der Waals surface area (Å²) in [6, 6.07) is 0.513. The Morgan fingerprint density at radius 2 is 1.78 bits per heavy atom. The van der Waals surface area contributed by atoms with E-state index in [1.165, 1.54) is 38.4 Å². The fraction of sp³-hybridized carbons (Fsp3) is 1.00. The molecule has 18 heavy (non-hydrogen) atoms. The van der Waals surface area contributed by atoms with Crippen molar-refractivity contribution in [2.75, 3.05) is 18.6 Å². The molecule has 1 aliphatic carbocycles. The predicted molar refractivity (Wildman–Crippen MR) is 77.6 cm³/mol. The largest absolute Gasteiger partial charge is 0.314 e. The second-order valence-electron chi connectivity index (χ2n) is 6.33. The Balaban J connectivity index is 2.49. The van der Waals surface area contributed by atoms with Gasteiger partial charge in [0.2, 0.25) is 0 Å². The zero-order valence-electron chi connectivity index (χ0n) is 12.2. The average Bonchev–Trinajstić information content (AvgIpc) is 2.26. The van der Waals surface area contributed by atoms with Gasteiger partial charge in [0.05, 0.1) is 0 Å². The molecule has 0 aromatic carbocycles. The van der Waals surface area contributed by atoms with E-state index in [-0.39, 0.29) is 0 Å². The van der Waals surface area contributed by atoms with Gasteiger partial charge in [0.15, 0.2) is 0 Å². The zero-order valence-corrected chi connectivity index (χ0v) is 13.0. The topological polar surface area (TPSA) is 46.2 Å². The fourth-order valence-electron chi connectivity index (χ4n) is 2.95. The van der Waals surface area contributed by atoms with E-state index in [2.05, 4.69) is 19.2 Å². The molecule has 0 bridgehead atoms. The molecule has 0 heterocycles. The normalized spacial score (nSPS) is 20.2. The van der Waals surface area contributed by atoms with Gasteiger partial charge in [-0.1, -0.05) is 33.1 Å². The van der Waals surface area contributed by atoms with Gasteiger partial charge in [-0.25, -0.2) is 8.42 Å².